The lowest BCUT2D eigenvalue weighted by Gasteiger charge is -2.15. The van der Waals surface area contributed by atoms with E-state index in [1.165, 1.54) is 12.8 Å². The van der Waals surface area contributed by atoms with E-state index in [-0.39, 0.29) is 11.9 Å². The van der Waals surface area contributed by atoms with Crippen molar-refractivity contribution < 1.29 is 9.84 Å². The molecule has 0 aliphatic heterocycles. The Labute approximate surface area is 130 Å². The second-order valence-electron chi connectivity index (χ2n) is 6.28. The van der Waals surface area contributed by atoms with Gasteiger partial charge in [0, 0.05) is 41.4 Å². The van der Waals surface area contributed by atoms with E-state index in [4.69, 9.17) is 10.1 Å². The first-order valence-corrected chi connectivity index (χ1v) is 7.82. The standard InChI is InChI=1S/C18H22N2O2/c1-11-7-16(15-6-5-14(21)9-18(15)20-11)17(19)8-12(2)22-10-13-3-4-13/h5-7,9,12-13,19,21H,3-4,8,10H2,1-2H3/t12-/m0/s1. The molecule has 116 valence electrons. The fraction of sp³-hybridized carbons (Fsp3) is 0.444. The van der Waals surface area contributed by atoms with Gasteiger partial charge in [-0.15, -0.1) is 0 Å². The number of nitrogens with zero attached hydrogens (tertiary/aromatic N) is 1. The van der Waals surface area contributed by atoms with Crippen LogP contribution in [-0.4, -0.2) is 28.5 Å². The summed E-state index contributed by atoms with van der Waals surface area (Å²) in [5, 5.41) is 18.9. The van der Waals surface area contributed by atoms with Crippen molar-refractivity contribution >= 4 is 16.6 Å². The van der Waals surface area contributed by atoms with Crippen LogP contribution in [-0.2, 0) is 4.74 Å². The Kier molecular flexibility index (Phi) is 4.12. The molecule has 1 aliphatic carbocycles. The molecule has 1 fully saturated rings. The van der Waals surface area contributed by atoms with E-state index in [0.717, 1.165) is 34.7 Å². The molecule has 1 aromatic carbocycles. The van der Waals surface area contributed by atoms with Crippen molar-refractivity contribution in [3.8, 4) is 5.75 Å². The predicted molar refractivity (Wildman–Crippen MR) is 87.7 cm³/mol. The van der Waals surface area contributed by atoms with Gasteiger partial charge < -0.3 is 15.3 Å². The summed E-state index contributed by atoms with van der Waals surface area (Å²) < 4.78 is 5.82. The molecule has 2 aromatic rings. The van der Waals surface area contributed by atoms with Crippen LogP contribution in [0.4, 0.5) is 0 Å². The first-order chi connectivity index (χ1) is 10.5. The average Bonchev–Trinajstić information content (AvgIpc) is 3.27. The Balaban J connectivity index is 1.80. The van der Waals surface area contributed by atoms with Gasteiger partial charge in [0.05, 0.1) is 11.6 Å². The van der Waals surface area contributed by atoms with E-state index in [2.05, 4.69) is 4.98 Å². The Bertz CT molecular complexity index is 702. The third-order valence-electron chi connectivity index (χ3n) is 4.05. The van der Waals surface area contributed by atoms with Gasteiger partial charge in [-0.1, -0.05) is 0 Å². The van der Waals surface area contributed by atoms with Gasteiger partial charge in [0.1, 0.15) is 5.75 Å². The summed E-state index contributed by atoms with van der Waals surface area (Å²) >= 11 is 0. The highest BCUT2D eigenvalue weighted by atomic mass is 16.5. The molecule has 3 rings (SSSR count). The van der Waals surface area contributed by atoms with Gasteiger partial charge in [-0.2, -0.15) is 0 Å². The summed E-state index contributed by atoms with van der Waals surface area (Å²) in [4.78, 5) is 4.44. The Morgan fingerprint density at radius 3 is 2.91 bits per heavy atom. The molecular formula is C18H22N2O2. The molecule has 1 atom stereocenters. The fourth-order valence-electron chi connectivity index (χ4n) is 2.64. The van der Waals surface area contributed by atoms with Crippen LogP contribution in [0, 0.1) is 18.3 Å². The van der Waals surface area contributed by atoms with Crippen molar-refractivity contribution in [2.75, 3.05) is 6.61 Å². The van der Waals surface area contributed by atoms with Crippen LogP contribution in [0.5, 0.6) is 5.75 Å². The van der Waals surface area contributed by atoms with Gasteiger partial charge in [-0.25, -0.2) is 0 Å². The molecule has 0 spiro atoms. The minimum atomic E-state index is 0.0498. The number of aryl methyl sites for hydroxylation is 1. The third kappa shape index (κ3) is 3.45. The molecule has 2 N–H and O–H groups in total. The molecule has 4 heteroatoms. The number of pyridine rings is 1. The summed E-state index contributed by atoms with van der Waals surface area (Å²) in [7, 11) is 0. The van der Waals surface area contributed by atoms with E-state index >= 15 is 0 Å². The number of hydrogen-bond donors (Lipinski definition) is 2. The van der Waals surface area contributed by atoms with Crippen LogP contribution in [0.2, 0.25) is 0 Å². The summed E-state index contributed by atoms with van der Waals surface area (Å²) in [6, 6.07) is 7.06. The lowest BCUT2D eigenvalue weighted by Crippen LogP contribution is -2.16. The number of fused-ring (bicyclic) bond motifs is 1. The second-order valence-corrected chi connectivity index (χ2v) is 6.28. The van der Waals surface area contributed by atoms with Crippen molar-refractivity contribution in [1.29, 1.82) is 5.41 Å². The number of phenols is 1. The molecule has 4 nitrogen and oxygen atoms in total. The van der Waals surface area contributed by atoms with Crippen molar-refractivity contribution in [3.63, 3.8) is 0 Å². The highest BCUT2D eigenvalue weighted by Crippen LogP contribution is 2.29. The van der Waals surface area contributed by atoms with Crippen LogP contribution in [0.25, 0.3) is 10.9 Å². The number of aromatic hydroxyl groups is 1. The van der Waals surface area contributed by atoms with Crippen LogP contribution >= 0.6 is 0 Å². The highest BCUT2D eigenvalue weighted by Gasteiger charge is 2.22. The van der Waals surface area contributed by atoms with Gasteiger partial charge in [0.25, 0.3) is 0 Å². The van der Waals surface area contributed by atoms with Gasteiger partial charge >= 0.3 is 0 Å². The maximum atomic E-state index is 9.61. The number of nitrogens with one attached hydrogen (secondary N) is 1. The number of phenolic OH excluding ortho intramolecular Hbond substituents is 1. The molecule has 0 radical (unpaired) electrons. The minimum Gasteiger partial charge on any atom is -0.508 e. The Morgan fingerprint density at radius 1 is 1.41 bits per heavy atom. The minimum absolute atomic E-state index is 0.0498. The molecule has 1 aromatic heterocycles. The van der Waals surface area contributed by atoms with Crippen molar-refractivity contribution in [3.05, 3.63) is 35.5 Å². The zero-order chi connectivity index (χ0) is 15.7. The first-order valence-electron chi connectivity index (χ1n) is 7.82. The Hall–Kier alpha value is -1.94. The Morgan fingerprint density at radius 2 is 2.18 bits per heavy atom. The summed E-state index contributed by atoms with van der Waals surface area (Å²) in [6.45, 7) is 4.75. The topological polar surface area (TPSA) is 66.2 Å². The molecule has 0 unspecified atom stereocenters. The van der Waals surface area contributed by atoms with Crippen molar-refractivity contribution in [1.82, 2.24) is 4.98 Å². The lowest BCUT2D eigenvalue weighted by atomic mass is 9.99. The van der Waals surface area contributed by atoms with Gasteiger partial charge in [-0.05, 0) is 50.8 Å². The monoisotopic (exact) mass is 298 g/mol. The third-order valence-corrected chi connectivity index (χ3v) is 4.05. The predicted octanol–water partition coefficient (Wildman–Crippen LogP) is 3.82. The molecule has 22 heavy (non-hydrogen) atoms. The quantitative estimate of drug-likeness (QED) is 0.797. The maximum absolute atomic E-state index is 9.61. The van der Waals surface area contributed by atoms with E-state index in [9.17, 15) is 5.11 Å². The zero-order valence-electron chi connectivity index (χ0n) is 13.1. The van der Waals surface area contributed by atoms with Crippen molar-refractivity contribution in [2.24, 2.45) is 5.92 Å². The van der Waals surface area contributed by atoms with E-state index in [1.807, 2.05) is 26.0 Å². The molecule has 0 saturated heterocycles. The van der Waals surface area contributed by atoms with Crippen LogP contribution in [0.3, 0.4) is 0 Å². The lowest BCUT2D eigenvalue weighted by molar-refractivity contribution is 0.0632. The van der Waals surface area contributed by atoms with Crippen LogP contribution in [0.15, 0.2) is 24.3 Å². The van der Waals surface area contributed by atoms with E-state index in [0.29, 0.717) is 12.1 Å². The number of benzene rings is 1. The average molecular weight is 298 g/mol. The van der Waals surface area contributed by atoms with Crippen LogP contribution < -0.4 is 0 Å². The summed E-state index contributed by atoms with van der Waals surface area (Å²) in [6.07, 6.45) is 3.20. The van der Waals surface area contributed by atoms with E-state index in [1.54, 1.807) is 12.1 Å². The SMILES string of the molecule is Cc1cc(C(=N)C[C@H](C)OCC2CC2)c2ccc(O)cc2n1. The number of ether oxygens (including phenoxy) is 1. The largest absolute Gasteiger partial charge is 0.508 e. The van der Waals surface area contributed by atoms with Crippen molar-refractivity contribution in [2.45, 2.75) is 39.2 Å². The number of aromatic nitrogens is 1. The molecular weight excluding hydrogens is 276 g/mol. The van der Waals surface area contributed by atoms with E-state index < -0.39 is 0 Å². The smallest absolute Gasteiger partial charge is 0.117 e. The maximum Gasteiger partial charge on any atom is 0.117 e. The number of rotatable bonds is 6. The first kappa shape index (κ1) is 15.0. The highest BCUT2D eigenvalue weighted by molar-refractivity contribution is 6.09. The van der Waals surface area contributed by atoms with Gasteiger partial charge in [-0.3, -0.25) is 4.98 Å². The van der Waals surface area contributed by atoms with Gasteiger partial charge in [0.15, 0.2) is 0 Å². The molecule has 0 amide bonds. The summed E-state index contributed by atoms with van der Waals surface area (Å²) in [5.74, 6) is 0.938. The van der Waals surface area contributed by atoms with Crippen LogP contribution in [0.1, 0.15) is 37.4 Å². The second kappa shape index (κ2) is 6.05. The normalized spacial score (nSPS) is 15.9. The zero-order valence-corrected chi connectivity index (χ0v) is 13.1. The van der Waals surface area contributed by atoms with Gasteiger partial charge in [0.2, 0.25) is 0 Å². The fourth-order valence-corrected chi connectivity index (χ4v) is 2.64. The molecule has 0 bridgehead atoms. The molecule has 1 aliphatic rings. The molecule has 1 heterocycles. The number of hydrogen-bond acceptors (Lipinski definition) is 4. The summed E-state index contributed by atoms with van der Waals surface area (Å²) in [5.41, 5.74) is 3.02. The molecule has 1 saturated carbocycles.